The molecule has 0 fully saturated rings. The SMILES string of the molecule is CCC=CCC(CF)(C(=O)OC)S(=O)(=O)CCC(F)(F)F. The summed E-state index contributed by atoms with van der Waals surface area (Å²) in [6, 6.07) is 0. The molecule has 0 saturated heterocycles. The van der Waals surface area contributed by atoms with Gasteiger partial charge in [0.25, 0.3) is 0 Å². The molecule has 1 atom stereocenters. The van der Waals surface area contributed by atoms with Gasteiger partial charge in [0.15, 0.2) is 9.84 Å². The Morgan fingerprint density at radius 3 is 2.19 bits per heavy atom. The number of methoxy groups -OCH3 is 1. The zero-order chi connectivity index (χ0) is 16.7. The summed E-state index contributed by atoms with van der Waals surface area (Å²) in [7, 11) is -3.82. The number of halogens is 4. The van der Waals surface area contributed by atoms with Crippen LogP contribution in [0.15, 0.2) is 12.2 Å². The second-order valence-corrected chi connectivity index (χ2v) is 6.81. The van der Waals surface area contributed by atoms with Crippen LogP contribution < -0.4 is 0 Å². The second kappa shape index (κ2) is 7.77. The summed E-state index contributed by atoms with van der Waals surface area (Å²) in [6.45, 7) is 0.0812. The van der Waals surface area contributed by atoms with Crippen LogP contribution >= 0.6 is 0 Å². The highest BCUT2D eigenvalue weighted by atomic mass is 32.2. The van der Waals surface area contributed by atoms with E-state index in [2.05, 4.69) is 4.74 Å². The van der Waals surface area contributed by atoms with Crippen molar-refractivity contribution < 1.29 is 35.5 Å². The van der Waals surface area contributed by atoms with Crippen molar-refractivity contribution in [3.8, 4) is 0 Å². The number of allylic oxidation sites excluding steroid dienone is 2. The van der Waals surface area contributed by atoms with Gasteiger partial charge in [0.1, 0.15) is 6.67 Å². The Morgan fingerprint density at radius 2 is 1.81 bits per heavy atom. The largest absolute Gasteiger partial charge is 0.468 e. The van der Waals surface area contributed by atoms with Crippen molar-refractivity contribution in [3.63, 3.8) is 0 Å². The lowest BCUT2D eigenvalue weighted by molar-refractivity contribution is -0.144. The summed E-state index contributed by atoms with van der Waals surface area (Å²) in [6.07, 6.45) is -3.68. The van der Waals surface area contributed by atoms with Gasteiger partial charge in [0.2, 0.25) is 4.75 Å². The van der Waals surface area contributed by atoms with Crippen LogP contribution in [0.25, 0.3) is 0 Å². The third kappa shape index (κ3) is 5.29. The molecule has 0 aliphatic rings. The van der Waals surface area contributed by atoms with E-state index >= 15 is 0 Å². The first kappa shape index (κ1) is 19.9. The van der Waals surface area contributed by atoms with Gasteiger partial charge in [0, 0.05) is 0 Å². The summed E-state index contributed by atoms with van der Waals surface area (Å²) >= 11 is 0. The first-order valence-electron chi connectivity index (χ1n) is 6.14. The molecule has 1 unspecified atom stereocenters. The van der Waals surface area contributed by atoms with E-state index in [-0.39, 0.29) is 0 Å². The van der Waals surface area contributed by atoms with Crippen LogP contribution in [-0.2, 0) is 19.4 Å². The molecular formula is C12H18F4O4S. The fourth-order valence-corrected chi connectivity index (χ4v) is 3.35. The first-order valence-corrected chi connectivity index (χ1v) is 7.80. The molecule has 0 aliphatic carbocycles. The predicted octanol–water partition coefficient (Wildman–Crippen LogP) is 2.59. The van der Waals surface area contributed by atoms with Crippen LogP contribution in [0, 0.1) is 0 Å². The zero-order valence-electron chi connectivity index (χ0n) is 11.7. The van der Waals surface area contributed by atoms with Crippen LogP contribution in [0.1, 0.15) is 26.2 Å². The van der Waals surface area contributed by atoms with Gasteiger partial charge in [-0.05, 0) is 12.8 Å². The molecule has 0 rings (SSSR count). The number of ether oxygens (including phenoxy) is 1. The molecule has 0 saturated carbocycles. The number of carbonyl (C=O) groups excluding carboxylic acids is 1. The van der Waals surface area contributed by atoms with E-state index in [1.807, 2.05) is 0 Å². The van der Waals surface area contributed by atoms with Crippen molar-refractivity contribution in [1.29, 1.82) is 0 Å². The Labute approximate surface area is 121 Å². The van der Waals surface area contributed by atoms with Crippen LogP contribution in [0.4, 0.5) is 17.6 Å². The third-order valence-electron chi connectivity index (χ3n) is 2.87. The molecular weight excluding hydrogens is 316 g/mol. The van der Waals surface area contributed by atoms with Crippen molar-refractivity contribution in [2.24, 2.45) is 0 Å². The highest BCUT2D eigenvalue weighted by Crippen LogP contribution is 2.30. The summed E-state index contributed by atoms with van der Waals surface area (Å²) in [4.78, 5) is 11.7. The van der Waals surface area contributed by atoms with Gasteiger partial charge in [-0.3, -0.25) is 4.79 Å². The van der Waals surface area contributed by atoms with E-state index in [9.17, 15) is 30.8 Å². The van der Waals surface area contributed by atoms with Gasteiger partial charge >= 0.3 is 12.1 Å². The number of alkyl halides is 4. The number of hydrogen-bond donors (Lipinski definition) is 0. The van der Waals surface area contributed by atoms with Crippen molar-refractivity contribution in [2.45, 2.75) is 37.1 Å². The quantitative estimate of drug-likeness (QED) is 0.389. The number of carbonyl (C=O) groups is 1. The molecule has 21 heavy (non-hydrogen) atoms. The molecule has 9 heteroatoms. The second-order valence-electron chi connectivity index (χ2n) is 4.39. The van der Waals surface area contributed by atoms with Crippen LogP contribution in [0.5, 0.6) is 0 Å². The van der Waals surface area contributed by atoms with Gasteiger partial charge in [-0.2, -0.15) is 13.2 Å². The highest BCUT2D eigenvalue weighted by molar-refractivity contribution is 7.93. The topological polar surface area (TPSA) is 60.4 Å². The predicted molar refractivity (Wildman–Crippen MR) is 69.2 cm³/mol. The smallest absolute Gasteiger partial charge is 0.390 e. The Kier molecular flexibility index (Phi) is 7.35. The van der Waals surface area contributed by atoms with Crippen molar-refractivity contribution in [2.75, 3.05) is 19.5 Å². The summed E-state index contributed by atoms with van der Waals surface area (Å²) in [5.41, 5.74) is 0. The molecule has 0 N–H and O–H groups in total. The third-order valence-corrected chi connectivity index (χ3v) is 5.25. The fourth-order valence-electron chi connectivity index (χ4n) is 1.60. The number of esters is 1. The lowest BCUT2D eigenvalue weighted by Crippen LogP contribution is -2.50. The Hall–Kier alpha value is -1.12. The number of hydrogen-bond acceptors (Lipinski definition) is 4. The molecule has 0 heterocycles. The highest BCUT2D eigenvalue weighted by Gasteiger charge is 2.52. The summed E-state index contributed by atoms with van der Waals surface area (Å²) in [5, 5.41) is 0. The molecule has 0 bridgehead atoms. The van der Waals surface area contributed by atoms with Crippen molar-refractivity contribution >= 4 is 15.8 Å². The fraction of sp³-hybridized carbons (Fsp3) is 0.750. The van der Waals surface area contributed by atoms with Crippen LogP contribution in [0.2, 0.25) is 0 Å². The van der Waals surface area contributed by atoms with Gasteiger partial charge in [-0.1, -0.05) is 19.1 Å². The Morgan fingerprint density at radius 1 is 1.24 bits per heavy atom. The zero-order valence-corrected chi connectivity index (χ0v) is 12.6. The maximum Gasteiger partial charge on any atom is 0.390 e. The summed E-state index contributed by atoms with van der Waals surface area (Å²) < 4.78 is 75.6. The average molecular weight is 334 g/mol. The molecule has 0 aliphatic heterocycles. The molecule has 124 valence electrons. The lowest BCUT2D eigenvalue weighted by atomic mass is 10.1. The maximum absolute atomic E-state index is 13.3. The monoisotopic (exact) mass is 334 g/mol. The van der Waals surface area contributed by atoms with E-state index in [4.69, 9.17) is 0 Å². The molecule has 0 aromatic heterocycles. The Balaban J connectivity index is 5.54. The van der Waals surface area contributed by atoms with Gasteiger partial charge < -0.3 is 4.74 Å². The minimum atomic E-state index is -4.72. The molecule has 0 aromatic carbocycles. The van der Waals surface area contributed by atoms with Gasteiger partial charge in [0.05, 0.1) is 19.3 Å². The van der Waals surface area contributed by atoms with Gasteiger partial charge in [-0.15, -0.1) is 0 Å². The molecule has 4 nitrogen and oxygen atoms in total. The average Bonchev–Trinajstić information content (AvgIpc) is 2.40. The Bertz CT molecular complexity index is 470. The standard InChI is InChI=1S/C12H18F4O4S/c1-3-4-5-6-11(9-13,10(17)20-2)21(18,19)8-7-12(14,15)16/h4-5H,3,6-9H2,1-2H3. The van der Waals surface area contributed by atoms with Crippen LogP contribution in [0.3, 0.4) is 0 Å². The molecule has 0 amide bonds. The molecule has 0 spiro atoms. The molecule has 0 radical (unpaired) electrons. The lowest BCUT2D eigenvalue weighted by Gasteiger charge is -2.27. The number of sulfone groups is 1. The van der Waals surface area contributed by atoms with Crippen molar-refractivity contribution in [1.82, 2.24) is 0 Å². The first-order chi connectivity index (χ1) is 9.56. The van der Waals surface area contributed by atoms with Crippen molar-refractivity contribution in [3.05, 3.63) is 12.2 Å². The number of rotatable bonds is 8. The van der Waals surface area contributed by atoms with Crippen LogP contribution in [-0.4, -0.2) is 44.8 Å². The normalized spacial score (nSPS) is 15.9. The van der Waals surface area contributed by atoms with E-state index in [1.165, 1.54) is 12.2 Å². The van der Waals surface area contributed by atoms with E-state index < -0.39 is 52.0 Å². The molecule has 0 aromatic rings. The minimum absolute atomic E-state index is 0.506. The minimum Gasteiger partial charge on any atom is -0.468 e. The summed E-state index contributed by atoms with van der Waals surface area (Å²) in [5.74, 6) is -2.76. The van der Waals surface area contributed by atoms with E-state index in [1.54, 1.807) is 6.92 Å². The maximum atomic E-state index is 13.3. The van der Waals surface area contributed by atoms with E-state index in [0.717, 1.165) is 7.11 Å². The van der Waals surface area contributed by atoms with Gasteiger partial charge in [-0.25, -0.2) is 12.8 Å². The van der Waals surface area contributed by atoms with E-state index in [0.29, 0.717) is 6.42 Å².